The van der Waals surface area contributed by atoms with Gasteiger partial charge in [0.25, 0.3) is 5.91 Å². The molecule has 0 bridgehead atoms. The highest BCUT2D eigenvalue weighted by Gasteiger charge is 2.24. The predicted molar refractivity (Wildman–Crippen MR) is 108 cm³/mol. The molecule has 0 aliphatic carbocycles. The van der Waals surface area contributed by atoms with E-state index in [1.54, 1.807) is 0 Å². The number of nitrogens with one attached hydrogen (secondary N) is 1. The maximum Gasteiger partial charge on any atom is 0.260 e. The molecule has 1 aromatic heterocycles. The molecule has 4 rings (SSSR count). The van der Waals surface area contributed by atoms with Gasteiger partial charge in [0.15, 0.2) is 6.61 Å². The van der Waals surface area contributed by atoms with E-state index < -0.39 is 0 Å². The van der Waals surface area contributed by atoms with Gasteiger partial charge >= 0.3 is 0 Å². The molecule has 3 aromatic rings. The number of para-hydroxylation sites is 1. The number of amides is 1. The van der Waals surface area contributed by atoms with Crippen molar-refractivity contribution in [2.24, 2.45) is 0 Å². The van der Waals surface area contributed by atoms with E-state index in [0.717, 1.165) is 24.2 Å². The van der Waals surface area contributed by atoms with Gasteiger partial charge in [0.05, 0.1) is 0 Å². The Balaban J connectivity index is 1.41. The summed E-state index contributed by atoms with van der Waals surface area (Å²) in [6, 6.07) is 16.3. The molecule has 2 aromatic carbocycles. The summed E-state index contributed by atoms with van der Waals surface area (Å²) in [6.07, 6.45) is 0.857. The molecule has 4 heteroatoms. The van der Waals surface area contributed by atoms with E-state index in [4.69, 9.17) is 4.74 Å². The van der Waals surface area contributed by atoms with Crippen molar-refractivity contribution in [3.8, 4) is 5.75 Å². The zero-order valence-electron chi connectivity index (χ0n) is 16.2. The van der Waals surface area contributed by atoms with Crippen molar-refractivity contribution in [3.05, 3.63) is 65.4 Å². The van der Waals surface area contributed by atoms with Gasteiger partial charge < -0.3 is 14.6 Å². The molecule has 2 heterocycles. The number of aromatic nitrogens is 1. The Labute approximate surface area is 160 Å². The smallest absolute Gasteiger partial charge is 0.260 e. The fourth-order valence-corrected chi connectivity index (χ4v) is 3.67. The number of ether oxygens (including phenoxy) is 1. The van der Waals surface area contributed by atoms with Crippen LogP contribution >= 0.6 is 0 Å². The third-order valence-corrected chi connectivity index (χ3v) is 5.32. The lowest BCUT2D eigenvalue weighted by Crippen LogP contribution is -2.38. The molecule has 0 atom stereocenters. The quantitative estimate of drug-likeness (QED) is 0.749. The minimum Gasteiger partial charge on any atom is -0.484 e. The minimum atomic E-state index is 0.0332. The first-order valence-electron chi connectivity index (χ1n) is 9.51. The summed E-state index contributed by atoms with van der Waals surface area (Å²) in [5, 5.41) is 1.21. The average Bonchev–Trinajstić information content (AvgIpc) is 3.03. The third kappa shape index (κ3) is 3.57. The highest BCUT2D eigenvalue weighted by Crippen LogP contribution is 2.28. The lowest BCUT2D eigenvalue weighted by molar-refractivity contribution is -0.134. The molecule has 1 N–H and O–H groups in total. The van der Waals surface area contributed by atoms with E-state index in [1.807, 2.05) is 29.2 Å². The fourth-order valence-electron chi connectivity index (χ4n) is 3.67. The summed E-state index contributed by atoms with van der Waals surface area (Å²) in [5.74, 6) is 0.770. The molecule has 0 radical (unpaired) electrons. The largest absolute Gasteiger partial charge is 0.484 e. The van der Waals surface area contributed by atoms with Gasteiger partial charge in [-0.25, -0.2) is 0 Å². The molecule has 27 heavy (non-hydrogen) atoms. The highest BCUT2D eigenvalue weighted by molar-refractivity contribution is 5.86. The molecule has 4 nitrogen and oxygen atoms in total. The lowest BCUT2D eigenvalue weighted by atomic mass is 9.87. The summed E-state index contributed by atoms with van der Waals surface area (Å²) in [4.78, 5) is 18.0. The molecule has 1 aliphatic rings. The number of fused-ring (bicyclic) bond motifs is 3. The lowest BCUT2D eigenvalue weighted by Gasteiger charge is -2.27. The van der Waals surface area contributed by atoms with Gasteiger partial charge in [0, 0.05) is 41.7 Å². The van der Waals surface area contributed by atoms with Gasteiger partial charge in [-0.1, -0.05) is 51.1 Å². The average molecular weight is 362 g/mol. The van der Waals surface area contributed by atoms with Crippen molar-refractivity contribution < 1.29 is 9.53 Å². The maximum atomic E-state index is 12.7. The number of hydrogen-bond acceptors (Lipinski definition) is 2. The Morgan fingerprint density at radius 3 is 2.59 bits per heavy atom. The molecule has 1 amide bonds. The van der Waals surface area contributed by atoms with Crippen molar-refractivity contribution in [2.45, 2.75) is 39.2 Å². The summed E-state index contributed by atoms with van der Waals surface area (Å²) in [6.45, 7) is 7.99. The van der Waals surface area contributed by atoms with Crippen LogP contribution in [0.4, 0.5) is 0 Å². The van der Waals surface area contributed by atoms with Crippen LogP contribution in [-0.4, -0.2) is 28.9 Å². The Morgan fingerprint density at radius 2 is 1.85 bits per heavy atom. The van der Waals surface area contributed by atoms with Crippen molar-refractivity contribution in [1.82, 2.24) is 9.88 Å². The molecule has 140 valence electrons. The van der Waals surface area contributed by atoms with E-state index in [-0.39, 0.29) is 17.9 Å². The van der Waals surface area contributed by atoms with Crippen LogP contribution in [0.5, 0.6) is 5.75 Å². The van der Waals surface area contributed by atoms with E-state index in [2.05, 4.69) is 50.0 Å². The van der Waals surface area contributed by atoms with Gasteiger partial charge in [0.2, 0.25) is 0 Å². The topological polar surface area (TPSA) is 45.3 Å². The van der Waals surface area contributed by atoms with Crippen molar-refractivity contribution in [3.63, 3.8) is 0 Å². The molecule has 0 unspecified atom stereocenters. The van der Waals surface area contributed by atoms with Crippen molar-refractivity contribution in [2.75, 3.05) is 13.2 Å². The number of H-pyrrole nitrogens is 1. The number of carbonyl (C=O) groups is 1. The van der Waals surface area contributed by atoms with Crippen LogP contribution in [0.15, 0.2) is 48.5 Å². The minimum absolute atomic E-state index is 0.0332. The second-order valence-electron chi connectivity index (χ2n) is 8.26. The van der Waals surface area contributed by atoms with Gasteiger partial charge in [-0.15, -0.1) is 0 Å². The number of aromatic amines is 1. The first-order chi connectivity index (χ1) is 12.9. The van der Waals surface area contributed by atoms with Gasteiger partial charge in [0.1, 0.15) is 5.75 Å². The first kappa shape index (κ1) is 17.7. The molecular weight excluding hydrogens is 336 g/mol. The van der Waals surface area contributed by atoms with Gasteiger partial charge in [-0.3, -0.25) is 4.79 Å². The second kappa shape index (κ2) is 6.76. The number of benzene rings is 2. The van der Waals surface area contributed by atoms with Gasteiger partial charge in [-0.05, 0) is 29.2 Å². The van der Waals surface area contributed by atoms with E-state index in [0.29, 0.717) is 6.54 Å². The van der Waals surface area contributed by atoms with E-state index in [9.17, 15) is 4.79 Å². The van der Waals surface area contributed by atoms with Crippen LogP contribution in [0.25, 0.3) is 10.9 Å². The van der Waals surface area contributed by atoms with Crippen LogP contribution < -0.4 is 4.74 Å². The molecule has 0 fully saturated rings. The predicted octanol–water partition coefficient (Wildman–Crippen LogP) is 4.43. The maximum absolute atomic E-state index is 12.7. The summed E-state index contributed by atoms with van der Waals surface area (Å²) >= 11 is 0. The Bertz CT molecular complexity index is 964. The molecule has 0 saturated carbocycles. The molecule has 1 aliphatic heterocycles. The normalized spacial score (nSPS) is 14.3. The number of carbonyl (C=O) groups excluding carboxylic acids is 1. The van der Waals surface area contributed by atoms with Crippen LogP contribution in [-0.2, 0) is 23.2 Å². The SMILES string of the molecule is CC(C)(C)c1ccc(OCC(=O)N2CCc3[nH]c4ccccc4c3C2)cc1. The Hall–Kier alpha value is -2.75. The summed E-state index contributed by atoms with van der Waals surface area (Å²) in [7, 11) is 0. The Morgan fingerprint density at radius 1 is 1.11 bits per heavy atom. The van der Waals surface area contributed by atoms with Crippen LogP contribution in [0.2, 0.25) is 0 Å². The third-order valence-electron chi connectivity index (χ3n) is 5.32. The fraction of sp³-hybridized carbons (Fsp3) is 0.348. The zero-order valence-corrected chi connectivity index (χ0v) is 16.2. The highest BCUT2D eigenvalue weighted by atomic mass is 16.5. The summed E-state index contributed by atoms with van der Waals surface area (Å²) < 4.78 is 5.75. The molecule has 0 spiro atoms. The number of rotatable bonds is 3. The van der Waals surface area contributed by atoms with E-state index in [1.165, 1.54) is 22.2 Å². The van der Waals surface area contributed by atoms with E-state index >= 15 is 0 Å². The standard InChI is InChI=1S/C23H26N2O2/c1-23(2,3)16-8-10-17(11-9-16)27-15-22(26)25-13-12-21-19(14-25)18-6-4-5-7-20(18)24-21/h4-11,24H,12-15H2,1-3H3. The van der Waals surface area contributed by atoms with Crippen LogP contribution in [0, 0.1) is 0 Å². The van der Waals surface area contributed by atoms with Crippen LogP contribution in [0.1, 0.15) is 37.6 Å². The number of hydrogen-bond donors (Lipinski definition) is 1. The van der Waals surface area contributed by atoms with Crippen LogP contribution in [0.3, 0.4) is 0 Å². The summed E-state index contributed by atoms with van der Waals surface area (Å²) in [5.41, 5.74) is 4.99. The molecule has 0 saturated heterocycles. The molecular formula is C23H26N2O2. The Kier molecular flexibility index (Phi) is 4.42. The van der Waals surface area contributed by atoms with Crippen molar-refractivity contribution in [1.29, 1.82) is 0 Å². The first-order valence-corrected chi connectivity index (χ1v) is 9.51. The monoisotopic (exact) mass is 362 g/mol. The van der Waals surface area contributed by atoms with Crippen molar-refractivity contribution >= 4 is 16.8 Å². The number of nitrogens with zero attached hydrogens (tertiary/aromatic N) is 1. The zero-order chi connectivity index (χ0) is 19.0. The second-order valence-corrected chi connectivity index (χ2v) is 8.26. The van der Waals surface area contributed by atoms with Gasteiger partial charge in [-0.2, -0.15) is 0 Å².